The summed E-state index contributed by atoms with van der Waals surface area (Å²) in [6, 6.07) is 10.3. The maximum absolute atomic E-state index is 12.2. The van der Waals surface area contributed by atoms with Gasteiger partial charge in [-0.1, -0.05) is 18.2 Å². The molecule has 2 amide bonds. The number of hydrogen-bond donors (Lipinski definition) is 2. The second-order valence-corrected chi connectivity index (χ2v) is 5.70. The van der Waals surface area contributed by atoms with Gasteiger partial charge in [0.05, 0.1) is 15.9 Å². The number of nitrogens with one attached hydrogen (secondary N) is 2. The highest BCUT2D eigenvalue weighted by molar-refractivity contribution is 7.12. The van der Waals surface area contributed by atoms with E-state index in [1.807, 2.05) is 29.6 Å². The number of rotatable bonds is 4. The Morgan fingerprint density at radius 1 is 1.23 bits per heavy atom. The number of thiophene rings is 1. The van der Waals surface area contributed by atoms with Crippen molar-refractivity contribution in [1.29, 1.82) is 0 Å². The zero-order valence-electron chi connectivity index (χ0n) is 11.8. The van der Waals surface area contributed by atoms with Gasteiger partial charge in [0.15, 0.2) is 0 Å². The van der Waals surface area contributed by atoms with Crippen molar-refractivity contribution in [3.05, 3.63) is 53.0 Å². The van der Waals surface area contributed by atoms with Gasteiger partial charge < -0.3 is 5.32 Å². The summed E-state index contributed by atoms with van der Waals surface area (Å²) in [7, 11) is 0. The molecule has 0 aliphatic carbocycles. The van der Waals surface area contributed by atoms with Crippen LogP contribution in [-0.4, -0.2) is 27.5 Å². The Hall–Kier alpha value is -2.67. The summed E-state index contributed by atoms with van der Waals surface area (Å²) in [5.74, 6) is -0.568. The third-order valence-corrected chi connectivity index (χ3v) is 4.04. The summed E-state index contributed by atoms with van der Waals surface area (Å²) in [4.78, 5) is 28.9. The fourth-order valence-corrected chi connectivity index (χ4v) is 2.63. The van der Waals surface area contributed by atoms with E-state index >= 15 is 0 Å². The average molecular weight is 314 g/mol. The van der Waals surface area contributed by atoms with Gasteiger partial charge in [-0.3, -0.25) is 15.0 Å². The van der Waals surface area contributed by atoms with Crippen molar-refractivity contribution in [2.45, 2.75) is 13.0 Å². The van der Waals surface area contributed by atoms with Gasteiger partial charge in [-0.25, -0.2) is 9.66 Å². The minimum absolute atomic E-state index is 0.256. The Labute approximate surface area is 130 Å². The molecule has 0 spiro atoms. The third kappa shape index (κ3) is 2.84. The van der Waals surface area contributed by atoms with Crippen LogP contribution in [0, 0.1) is 0 Å². The van der Waals surface area contributed by atoms with Gasteiger partial charge in [0.1, 0.15) is 12.4 Å². The molecule has 7 heteroatoms. The molecule has 2 N–H and O–H groups in total. The number of carbonyl (C=O) groups is 2. The molecule has 2 aromatic heterocycles. The maximum Gasteiger partial charge on any atom is 0.261 e. The molecule has 1 atom stereocenters. The molecule has 0 saturated heterocycles. The van der Waals surface area contributed by atoms with E-state index in [0.717, 1.165) is 11.0 Å². The highest BCUT2D eigenvalue weighted by Crippen LogP contribution is 2.10. The van der Waals surface area contributed by atoms with Crippen LogP contribution >= 0.6 is 11.3 Å². The lowest BCUT2D eigenvalue weighted by Gasteiger charge is -2.14. The fraction of sp³-hybridized carbons (Fsp3) is 0.133. The Balaban J connectivity index is 1.67. The summed E-state index contributed by atoms with van der Waals surface area (Å²) in [5.41, 5.74) is 4.31. The van der Waals surface area contributed by atoms with Crippen LogP contribution in [0.4, 0.5) is 0 Å². The number of hydrogen-bond acceptors (Lipinski definition) is 4. The Morgan fingerprint density at radius 2 is 2.05 bits per heavy atom. The second-order valence-electron chi connectivity index (χ2n) is 4.75. The van der Waals surface area contributed by atoms with Crippen molar-refractivity contribution >= 4 is 34.2 Å². The smallest absolute Gasteiger partial charge is 0.261 e. The van der Waals surface area contributed by atoms with E-state index in [-0.39, 0.29) is 11.8 Å². The summed E-state index contributed by atoms with van der Waals surface area (Å²) in [5, 5.41) is 4.48. The zero-order chi connectivity index (χ0) is 15.5. The van der Waals surface area contributed by atoms with Crippen LogP contribution < -0.4 is 10.7 Å². The first kappa shape index (κ1) is 14.3. The Kier molecular flexibility index (Phi) is 3.88. The first-order valence-corrected chi connectivity index (χ1v) is 7.60. The van der Waals surface area contributed by atoms with Gasteiger partial charge in [-0.05, 0) is 30.5 Å². The van der Waals surface area contributed by atoms with E-state index in [0.29, 0.717) is 4.88 Å². The number of fused-ring (bicyclic) bond motifs is 1. The maximum atomic E-state index is 12.2. The minimum Gasteiger partial charge on any atom is -0.340 e. The average Bonchev–Trinajstić information content (AvgIpc) is 3.17. The van der Waals surface area contributed by atoms with Gasteiger partial charge in [-0.15, -0.1) is 11.3 Å². The standard InChI is InChI=1S/C15H14N4O2S/c1-10(17-15(21)13-7-4-8-22-13)14(20)18-19-9-16-11-5-2-3-6-12(11)19/h2-10H,1H3,(H,17,21)(H,18,20). The summed E-state index contributed by atoms with van der Waals surface area (Å²) in [6.45, 7) is 1.64. The van der Waals surface area contributed by atoms with Crippen molar-refractivity contribution in [3.8, 4) is 0 Å². The molecular formula is C15H14N4O2S. The zero-order valence-corrected chi connectivity index (χ0v) is 12.6. The van der Waals surface area contributed by atoms with Crippen molar-refractivity contribution < 1.29 is 9.59 Å². The SMILES string of the molecule is CC(NC(=O)c1cccs1)C(=O)Nn1cnc2ccccc21. The molecule has 3 aromatic rings. The monoisotopic (exact) mass is 314 g/mol. The molecule has 6 nitrogen and oxygen atoms in total. The number of amides is 2. The van der Waals surface area contributed by atoms with E-state index in [4.69, 9.17) is 0 Å². The molecule has 22 heavy (non-hydrogen) atoms. The van der Waals surface area contributed by atoms with Gasteiger partial charge in [0, 0.05) is 0 Å². The van der Waals surface area contributed by atoms with Crippen LogP contribution in [0.3, 0.4) is 0 Å². The summed E-state index contributed by atoms with van der Waals surface area (Å²) in [6.07, 6.45) is 1.54. The molecule has 1 aromatic carbocycles. The lowest BCUT2D eigenvalue weighted by molar-refractivity contribution is -0.118. The summed E-state index contributed by atoms with van der Waals surface area (Å²) >= 11 is 1.33. The molecular weight excluding hydrogens is 300 g/mol. The molecule has 112 valence electrons. The first-order valence-electron chi connectivity index (χ1n) is 6.72. The van der Waals surface area contributed by atoms with E-state index in [9.17, 15) is 9.59 Å². The second kappa shape index (κ2) is 5.98. The molecule has 2 heterocycles. The lowest BCUT2D eigenvalue weighted by atomic mass is 10.3. The van der Waals surface area contributed by atoms with Crippen LogP contribution in [-0.2, 0) is 4.79 Å². The van der Waals surface area contributed by atoms with Gasteiger partial charge in [0.2, 0.25) is 0 Å². The third-order valence-electron chi connectivity index (χ3n) is 3.17. The normalized spacial score (nSPS) is 12.0. The van der Waals surface area contributed by atoms with Gasteiger partial charge in [-0.2, -0.15) is 0 Å². The van der Waals surface area contributed by atoms with Crippen molar-refractivity contribution in [2.24, 2.45) is 0 Å². The number of imidazole rings is 1. The molecule has 0 radical (unpaired) electrons. The molecule has 0 bridgehead atoms. The van der Waals surface area contributed by atoms with Crippen LogP contribution in [0.25, 0.3) is 11.0 Å². The van der Waals surface area contributed by atoms with Crippen molar-refractivity contribution in [3.63, 3.8) is 0 Å². The predicted molar refractivity (Wildman–Crippen MR) is 85.3 cm³/mol. The first-order chi connectivity index (χ1) is 10.6. The number of para-hydroxylation sites is 2. The van der Waals surface area contributed by atoms with Gasteiger partial charge in [0.25, 0.3) is 11.8 Å². The highest BCUT2D eigenvalue weighted by Gasteiger charge is 2.17. The summed E-state index contributed by atoms with van der Waals surface area (Å²) < 4.78 is 1.55. The van der Waals surface area contributed by atoms with E-state index in [1.54, 1.807) is 23.7 Å². The molecule has 1 unspecified atom stereocenters. The van der Waals surface area contributed by atoms with Gasteiger partial charge >= 0.3 is 0 Å². The van der Waals surface area contributed by atoms with E-state index in [1.165, 1.54) is 17.7 Å². The molecule has 3 rings (SSSR count). The predicted octanol–water partition coefficient (Wildman–Crippen LogP) is 1.99. The quantitative estimate of drug-likeness (QED) is 0.773. The lowest BCUT2D eigenvalue weighted by Crippen LogP contribution is -2.43. The van der Waals surface area contributed by atoms with Crippen LogP contribution in [0.2, 0.25) is 0 Å². The Bertz CT molecular complexity index is 810. The number of nitrogens with zero attached hydrogens (tertiary/aromatic N) is 2. The van der Waals surface area contributed by atoms with Crippen LogP contribution in [0.1, 0.15) is 16.6 Å². The Morgan fingerprint density at radius 3 is 2.82 bits per heavy atom. The molecule has 0 aliphatic heterocycles. The minimum atomic E-state index is -0.657. The van der Waals surface area contributed by atoms with Crippen LogP contribution in [0.15, 0.2) is 48.1 Å². The van der Waals surface area contributed by atoms with Crippen molar-refractivity contribution in [1.82, 2.24) is 15.0 Å². The number of carbonyl (C=O) groups excluding carboxylic acids is 2. The number of aromatic nitrogens is 2. The van der Waals surface area contributed by atoms with Crippen molar-refractivity contribution in [2.75, 3.05) is 5.43 Å². The van der Waals surface area contributed by atoms with E-state index in [2.05, 4.69) is 15.7 Å². The topological polar surface area (TPSA) is 76.0 Å². The molecule has 0 aliphatic rings. The largest absolute Gasteiger partial charge is 0.340 e. The highest BCUT2D eigenvalue weighted by atomic mass is 32.1. The van der Waals surface area contributed by atoms with E-state index < -0.39 is 6.04 Å². The molecule has 0 fully saturated rings. The fourth-order valence-electron chi connectivity index (χ4n) is 2.00. The molecule has 0 saturated carbocycles. The van der Waals surface area contributed by atoms with Crippen LogP contribution in [0.5, 0.6) is 0 Å². The number of benzene rings is 1.